The largest absolute Gasteiger partial charge is 0.443 e. The molecule has 5 aromatic heterocycles. The van der Waals surface area contributed by atoms with E-state index in [1.54, 1.807) is 11.6 Å². The van der Waals surface area contributed by atoms with Crippen LogP contribution in [0.15, 0.2) is 159 Å². The number of nitrogens with zero attached hydrogens (tertiary/aromatic N) is 9. The molecule has 0 bridgehead atoms. The Bertz CT molecular complexity index is 3950. The first kappa shape index (κ1) is 61.8. The number of benzene rings is 5. The Morgan fingerprint density at radius 3 is 1.74 bits per heavy atom. The number of nitrogens with two attached hydrogens (primary N) is 1. The summed E-state index contributed by atoms with van der Waals surface area (Å²) in [5.74, 6) is -1.63. The smallest absolute Gasteiger partial charge is 0.419 e. The molecular weight excluding hydrogens is 1160 g/mol. The van der Waals surface area contributed by atoms with E-state index >= 15 is 0 Å². The molecule has 87 heavy (non-hydrogen) atoms. The summed E-state index contributed by atoms with van der Waals surface area (Å²) in [6, 6.07) is 38.4. The number of carbonyl (C=O) groups excluding carboxylic acids is 4. The van der Waals surface area contributed by atoms with Gasteiger partial charge in [0, 0.05) is 55.3 Å². The number of nitrogens with one attached hydrogen (secondary N) is 4. The number of imidazole rings is 1. The summed E-state index contributed by atoms with van der Waals surface area (Å²) in [6.07, 6.45) is 9.57. The van der Waals surface area contributed by atoms with Crippen molar-refractivity contribution >= 4 is 58.6 Å². The van der Waals surface area contributed by atoms with E-state index in [1.807, 2.05) is 90.9 Å². The molecule has 24 heteroatoms. The first-order chi connectivity index (χ1) is 41.5. The molecule has 3 amide bonds. The van der Waals surface area contributed by atoms with Gasteiger partial charge in [-0.2, -0.15) is 15.4 Å². The van der Waals surface area contributed by atoms with Gasteiger partial charge in [-0.15, -0.1) is 5.10 Å². The molecule has 0 fully saturated rings. The second kappa shape index (κ2) is 27.1. The summed E-state index contributed by atoms with van der Waals surface area (Å²) in [5, 5.41) is 27.1. The monoisotopic (exact) mass is 1220 g/mol. The molecule has 12 rings (SSSR count). The van der Waals surface area contributed by atoms with Crippen LogP contribution in [0.5, 0.6) is 0 Å². The number of anilines is 2. The Kier molecular flexibility index (Phi) is 19.2. The van der Waals surface area contributed by atoms with Crippen LogP contribution in [0, 0.1) is 25.5 Å². The third-order valence-corrected chi connectivity index (χ3v) is 15.8. The lowest BCUT2D eigenvalue weighted by atomic mass is 9.77. The lowest BCUT2D eigenvalue weighted by Crippen LogP contribution is -2.38. The molecule has 6 N–H and O–H groups in total. The molecule has 0 aliphatic heterocycles. The Labute approximate surface area is 509 Å². The van der Waals surface area contributed by atoms with Gasteiger partial charge in [-0.3, -0.25) is 9.59 Å². The highest BCUT2D eigenvalue weighted by Crippen LogP contribution is 2.42. The molecule has 0 saturated carbocycles. The Hall–Kier alpha value is -9.77. The molecule has 448 valence electrons. The van der Waals surface area contributed by atoms with Crippen molar-refractivity contribution in [2.75, 3.05) is 10.6 Å². The van der Waals surface area contributed by atoms with Crippen molar-refractivity contribution in [1.82, 2.24) is 54.4 Å². The van der Waals surface area contributed by atoms with Gasteiger partial charge < -0.3 is 40.3 Å². The van der Waals surface area contributed by atoms with Crippen molar-refractivity contribution in [3.05, 3.63) is 253 Å². The fraction of sp³-hybridized carbons (Fsp3) is 0.222. The quantitative estimate of drug-likeness (QED) is 0.0676. The zero-order valence-electron chi connectivity index (χ0n) is 47.0. The molecule has 20 nitrogen and oxygen atoms in total. The van der Waals surface area contributed by atoms with Gasteiger partial charge in [-0.1, -0.05) is 127 Å². The lowest BCUT2D eigenvalue weighted by Gasteiger charge is -2.35. The van der Waals surface area contributed by atoms with Crippen LogP contribution >= 0.6 is 23.2 Å². The number of aromatic amines is 1. The SMILES string of the molecule is C.Cc1c2c(c(C(=O)Nc3ccc(F)c(Cl)c3)n1C)CCC2N.Cc1c2c(c(C(=O)Nc3ccc(F)c(Cl)c3)n1C)CCC2NC(=O)OCc1cn[nH]n1.O=C(OCc1cn(C(c2ccccc2)(c2ccccc2)c2ccccc2)nn1)n1ccnc1. The second-order valence-electron chi connectivity index (χ2n) is 20.3. The summed E-state index contributed by atoms with van der Waals surface area (Å²) < 4.78 is 43.9. The Morgan fingerprint density at radius 1 is 0.713 bits per heavy atom. The lowest BCUT2D eigenvalue weighted by molar-refractivity contribution is 0.101. The predicted molar refractivity (Wildman–Crippen MR) is 324 cm³/mol. The summed E-state index contributed by atoms with van der Waals surface area (Å²) in [5.41, 5.74) is 17.2. The van der Waals surface area contributed by atoms with Crippen LogP contribution in [-0.4, -0.2) is 73.1 Å². The third kappa shape index (κ3) is 13.1. The minimum atomic E-state index is -0.761. The number of H-pyrrole nitrogens is 1. The average molecular weight is 1220 g/mol. The Morgan fingerprint density at radius 2 is 1.23 bits per heavy atom. The van der Waals surface area contributed by atoms with E-state index < -0.39 is 29.4 Å². The van der Waals surface area contributed by atoms with E-state index in [9.17, 15) is 28.0 Å². The second-order valence-corrected chi connectivity index (χ2v) is 21.2. The summed E-state index contributed by atoms with van der Waals surface area (Å²) in [7, 11) is 3.65. The normalized spacial score (nSPS) is 13.8. The molecule has 2 atom stereocenters. The van der Waals surface area contributed by atoms with Gasteiger partial charge >= 0.3 is 12.2 Å². The molecule has 5 heterocycles. The number of carbonyl (C=O) groups is 4. The van der Waals surface area contributed by atoms with Gasteiger partial charge in [-0.05, 0) is 115 Å². The molecule has 2 unspecified atom stereocenters. The maximum absolute atomic E-state index is 13.4. The molecule has 2 aliphatic carbocycles. The van der Waals surface area contributed by atoms with Gasteiger partial charge in [0.05, 0.1) is 28.5 Å². The van der Waals surface area contributed by atoms with E-state index in [0.717, 1.165) is 63.2 Å². The highest BCUT2D eigenvalue weighted by atomic mass is 35.5. The topological polar surface area (TPSA) is 249 Å². The predicted octanol–water partition coefficient (Wildman–Crippen LogP) is 11.9. The molecule has 5 aromatic carbocycles. The highest BCUT2D eigenvalue weighted by Gasteiger charge is 2.40. The van der Waals surface area contributed by atoms with Crippen LogP contribution in [0.4, 0.5) is 29.7 Å². The van der Waals surface area contributed by atoms with Crippen molar-refractivity contribution in [3.8, 4) is 0 Å². The van der Waals surface area contributed by atoms with Crippen molar-refractivity contribution in [1.29, 1.82) is 0 Å². The zero-order chi connectivity index (χ0) is 60.6. The van der Waals surface area contributed by atoms with Gasteiger partial charge in [0.15, 0.2) is 0 Å². The van der Waals surface area contributed by atoms with E-state index in [-0.39, 0.29) is 54.6 Å². The summed E-state index contributed by atoms with van der Waals surface area (Å²) >= 11 is 11.5. The minimum Gasteiger partial charge on any atom is -0.443 e. The van der Waals surface area contributed by atoms with Crippen molar-refractivity contribution in [3.63, 3.8) is 0 Å². The molecule has 0 saturated heterocycles. The molecular formula is C63H62Cl2F2N14O6. The number of aromatic nitrogens is 10. The van der Waals surface area contributed by atoms with Crippen LogP contribution < -0.4 is 21.7 Å². The highest BCUT2D eigenvalue weighted by molar-refractivity contribution is 6.31. The fourth-order valence-corrected chi connectivity index (χ4v) is 11.4. The molecule has 10 aromatic rings. The van der Waals surface area contributed by atoms with Gasteiger partial charge in [0.2, 0.25) is 0 Å². The van der Waals surface area contributed by atoms with Gasteiger partial charge in [0.1, 0.15) is 59.5 Å². The molecule has 0 spiro atoms. The number of hydrogen-bond donors (Lipinski definition) is 5. The number of hydrogen-bond acceptors (Lipinski definition) is 12. The van der Waals surface area contributed by atoms with Crippen molar-refractivity contribution < 1.29 is 37.4 Å². The number of amides is 3. The van der Waals surface area contributed by atoms with Crippen LogP contribution in [0.1, 0.15) is 115 Å². The minimum absolute atomic E-state index is 0. The van der Waals surface area contributed by atoms with E-state index in [2.05, 4.69) is 83.1 Å². The maximum Gasteiger partial charge on any atom is 0.419 e. The summed E-state index contributed by atoms with van der Waals surface area (Å²) in [6.45, 7) is 3.86. The van der Waals surface area contributed by atoms with Crippen LogP contribution in [0.25, 0.3) is 0 Å². The third-order valence-electron chi connectivity index (χ3n) is 15.2. The van der Waals surface area contributed by atoms with Gasteiger partial charge in [-0.25, -0.2) is 32.6 Å². The number of halogens is 4. The van der Waals surface area contributed by atoms with Crippen LogP contribution in [0.3, 0.4) is 0 Å². The standard InChI is InChI=1S/C26H21N5O2.C20H20ClFN6O3.C16H17ClFN3O.CH4/c32-25(30-17-16-27-20-30)33-19-24-18-31(29-28-24)26(21-10-4-1-5-11-21,22-12-6-2-7-13-22)23-14-8-3-9-15-23;1-10-17-13(4-6-16(17)25-20(30)31-9-12-8-23-27-26-12)18(28(10)2)19(29)24-11-3-5-15(22)14(21)7-11;1-8-14-10(4-6-13(14)19)15(21(8)2)16(22)20-9-3-5-12(18)11(17)7-9;/h1-18,20H,19H2;3,5,7-8,16H,4,6,9H2,1-2H3,(H,24,29)(H,25,30)(H,23,26,27);3,5,7,13H,4,6,19H2,1-2H3,(H,20,22);1H4. The van der Waals surface area contributed by atoms with Gasteiger partial charge in [0.25, 0.3) is 11.8 Å². The first-order valence-electron chi connectivity index (χ1n) is 27.2. The van der Waals surface area contributed by atoms with E-state index in [4.69, 9.17) is 38.4 Å². The van der Waals surface area contributed by atoms with Crippen LogP contribution in [0.2, 0.25) is 10.0 Å². The van der Waals surface area contributed by atoms with E-state index in [0.29, 0.717) is 47.0 Å². The van der Waals surface area contributed by atoms with E-state index in [1.165, 1.54) is 65.9 Å². The molecule has 0 radical (unpaired) electrons. The van der Waals surface area contributed by atoms with Crippen LogP contribution in [-0.2, 0) is 55.2 Å². The number of rotatable bonds is 13. The van der Waals surface area contributed by atoms with Crippen molar-refractivity contribution in [2.45, 2.75) is 77.8 Å². The average Bonchev–Trinajstić information content (AvgIpc) is 1.82. The first-order valence-corrected chi connectivity index (χ1v) is 27.9. The zero-order valence-corrected chi connectivity index (χ0v) is 48.5. The fourth-order valence-electron chi connectivity index (χ4n) is 11.0. The number of alkyl carbamates (subject to hydrolysis) is 1. The summed E-state index contributed by atoms with van der Waals surface area (Å²) in [4.78, 5) is 53.9. The Balaban J connectivity index is 0.000000158. The molecule has 2 aliphatic rings. The maximum atomic E-state index is 13.4. The van der Waals surface area contributed by atoms with Crippen molar-refractivity contribution in [2.24, 2.45) is 19.8 Å². The number of ether oxygens (including phenoxy) is 2. The number of fused-ring (bicyclic) bond motifs is 2.